The Morgan fingerprint density at radius 2 is 1.91 bits per heavy atom. The molecule has 172 valence electrons. The molecule has 11 nitrogen and oxygen atoms in total. The Kier molecular flexibility index (Phi) is 6.20. The average molecular weight is 451 g/mol. The van der Waals surface area contributed by atoms with E-state index in [0.29, 0.717) is 17.3 Å². The second-order valence-electron chi connectivity index (χ2n) is 8.20. The van der Waals surface area contributed by atoms with Crippen LogP contribution >= 0.6 is 0 Å². The summed E-state index contributed by atoms with van der Waals surface area (Å²) in [6.45, 7) is 3.79. The highest BCUT2D eigenvalue weighted by molar-refractivity contribution is 6.01. The lowest BCUT2D eigenvalue weighted by Crippen LogP contribution is -2.34. The maximum atomic E-state index is 12.8. The van der Waals surface area contributed by atoms with Crippen molar-refractivity contribution in [1.82, 2.24) is 29.6 Å². The molecule has 3 aromatic heterocycles. The van der Waals surface area contributed by atoms with E-state index >= 15 is 0 Å². The summed E-state index contributed by atoms with van der Waals surface area (Å²) in [6.07, 6.45) is 7.52. The fraction of sp³-hybridized carbons (Fsp3) is 0.364. The molecule has 0 unspecified atom stereocenters. The topological polar surface area (TPSA) is 127 Å². The van der Waals surface area contributed by atoms with Crippen molar-refractivity contribution in [2.24, 2.45) is 7.05 Å². The van der Waals surface area contributed by atoms with Crippen LogP contribution in [0, 0.1) is 0 Å². The molecular formula is C22H26N8O3. The lowest BCUT2D eigenvalue weighted by atomic mass is 10.2. The van der Waals surface area contributed by atoms with E-state index in [1.54, 1.807) is 37.6 Å². The molecule has 0 bridgehead atoms. The van der Waals surface area contributed by atoms with E-state index in [1.165, 1.54) is 11.0 Å². The highest BCUT2D eigenvalue weighted by Crippen LogP contribution is 2.41. The number of carbonyl (C=O) groups is 2. The van der Waals surface area contributed by atoms with Crippen molar-refractivity contribution in [1.29, 1.82) is 0 Å². The predicted molar refractivity (Wildman–Crippen MR) is 122 cm³/mol. The van der Waals surface area contributed by atoms with Gasteiger partial charge in [-0.15, -0.1) is 0 Å². The van der Waals surface area contributed by atoms with Crippen LogP contribution < -0.4 is 15.4 Å². The number of aryl methyl sites for hydroxylation is 1. The van der Waals surface area contributed by atoms with Crippen molar-refractivity contribution in [3.05, 3.63) is 48.4 Å². The van der Waals surface area contributed by atoms with Gasteiger partial charge in [0.05, 0.1) is 23.8 Å². The molecule has 2 amide bonds. The summed E-state index contributed by atoms with van der Waals surface area (Å²) in [7, 11) is 3.36. The van der Waals surface area contributed by atoms with Gasteiger partial charge in [0.1, 0.15) is 12.0 Å². The Labute approximate surface area is 191 Å². The summed E-state index contributed by atoms with van der Waals surface area (Å²) in [6, 6.07) is 3.70. The number of nitrogens with zero attached hydrogens (tertiary/aromatic N) is 6. The standard InChI is InChI=1S/C22H26N8O3/c1-13(2)30(4)21(31)19-18(11-29(3)28-19)27-22(32)33-20-17(25-15-9-23-12-24-10-15)8-7-16(26-20)14-5-6-14/h7-14,25H,5-6H2,1-4H3,(H,27,32). The summed E-state index contributed by atoms with van der Waals surface area (Å²) < 4.78 is 7.03. The zero-order valence-corrected chi connectivity index (χ0v) is 18.9. The Morgan fingerprint density at radius 1 is 1.18 bits per heavy atom. The van der Waals surface area contributed by atoms with Crippen LogP contribution in [0.25, 0.3) is 0 Å². The Balaban J connectivity index is 1.55. The minimum Gasteiger partial charge on any atom is -0.389 e. The van der Waals surface area contributed by atoms with Crippen molar-refractivity contribution in [3.63, 3.8) is 0 Å². The molecule has 1 saturated carbocycles. The normalized spacial score (nSPS) is 13.0. The highest BCUT2D eigenvalue weighted by Gasteiger charge is 2.27. The molecule has 3 aromatic rings. The Morgan fingerprint density at radius 3 is 2.58 bits per heavy atom. The molecular weight excluding hydrogens is 424 g/mol. The van der Waals surface area contributed by atoms with E-state index in [4.69, 9.17) is 4.74 Å². The van der Waals surface area contributed by atoms with Crippen LogP contribution in [-0.2, 0) is 7.05 Å². The average Bonchev–Trinajstić information content (AvgIpc) is 3.57. The monoisotopic (exact) mass is 450 g/mol. The summed E-state index contributed by atoms with van der Waals surface area (Å²) in [5, 5.41) is 9.95. The molecule has 1 fully saturated rings. The smallest absolute Gasteiger partial charge is 0.389 e. The largest absolute Gasteiger partial charge is 0.418 e. The van der Waals surface area contributed by atoms with Gasteiger partial charge in [0.25, 0.3) is 5.91 Å². The minimum absolute atomic E-state index is 0.0238. The first kappa shape index (κ1) is 22.2. The van der Waals surface area contributed by atoms with E-state index in [9.17, 15) is 9.59 Å². The maximum Gasteiger partial charge on any atom is 0.418 e. The van der Waals surface area contributed by atoms with Gasteiger partial charge in [0.15, 0.2) is 5.69 Å². The number of hydrogen-bond donors (Lipinski definition) is 2. The molecule has 33 heavy (non-hydrogen) atoms. The molecule has 1 aliphatic carbocycles. The first-order valence-corrected chi connectivity index (χ1v) is 10.6. The second-order valence-corrected chi connectivity index (χ2v) is 8.20. The third-order valence-electron chi connectivity index (χ3n) is 5.27. The van der Waals surface area contributed by atoms with Gasteiger partial charge in [0, 0.05) is 37.9 Å². The second kappa shape index (κ2) is 9.23. The lowest BCUT2D eigenvalue weighted by Gasteiger charge is -2.20. The maximum absolute atomic E-state index is 12.8. The number of pyridine rings is 1. The fourth-order valence-electron chi connectivity index (χ4n) is 3.12. The molecule has 2 N–H and O–H groups in total. The van der Waals surface area contributed by atoms with Crippen molar-refractivity contribution in [2.75, 3.05) is 17.7 Å². The van der Waals surface area contributed by atoms with E-state index in [2.05, 4.69) is 30.7 Å². The van der Waals surface area contributed by atoms with Crippen molar-refractivity contribution in [2.45, 2.75) is 38.6 Å². The molecule has 0 spiro atoms. The van der Waals surface area contributed by atoms with Gasteiger partial charge in [-0.2, -0.15) is 5.10 Å². The van der Waals surface area contributed by atoms with E-state index < -0.39 is 6.09 Å². The number of aromatic nitrogens is 5. The van der Waals surface area contributed by atoms with Crippen LogP contribution in [-0.4, -0.2) is 54.7 Å². The number of carbonyl (C=O) groups excluding carboxylic acids is 2. The van der Waals surface area contributed by atoms with Crippen LogP contribution in [0.15, 0.2) is 37.1 Å². The van der Waals surface area contributed by atoms with Crippen molar-refractivity contribution in [3.8, 4) is 5.88 Å². The van der Waals surface area contributed by atoms with Crippen LogP contribution in [0.5, 0.6) is 5.88 Å². The van der Waals surface area contributed by atoms with Crippen LogP contribution in [0.3, 0.4) is 0 Å². The number of amides is 2. The molecule has 0 saturated heterocycles. The highest BCUT2D eigenvalue weighted by atomic mass is 16.6. The van der Waals surface area contributed by atoms with Crippen molar-refractivity contribution >= 4 is 29.1 Å². The zero-order chi connectivity index (χ0) is 23.5. The van der Waals surface area contributed by atoms with E-state index in [1.807, 2.05) is 26.0 Å². The number of nitrogens with one attached hydrogen (secondary N) is 2. The van der Waals surface area contributed by atoms with Crippen LogP contribution in [0.2, 0.25) is 0 Å². The van der Waals surface area contributed by atoms with Gasteiger partial charge in [-0.25, -0.2) is 19.7 Å². The third-order valence-corrected chi connectivity index (χ3v) is 5.27. The summed E-state index contributed by atoms with van der Waals surface area (Å²) in [4.78, 5) is 39.6. The minimum atomic E-state index is -0.781. The number of rotatable bonds is 7. The van der Waals surface area contributed by atoms with E-state index in [-0.39, 0.29) is 29.2 Å². The zero-order valence-electron chi connectivity index (χ0n) is 18.9. The third kappa shape index (κ3) is 5.25. The molecule has 11 heteroatoms. The van der Waals surface area contributed by atoms with Gasteiger partial charge < -0.3 is 15.0 Å². The first-order chi connectivity index (χ1) is 15.8. The van der Waals surface area contributed by atoms with E-state index in [0.717, 1.165) is 18.5 Å². The molecule has 4 rings (SSSR count). The summed E-state index contributed by atoms with van der Waals surface area (Å²) in [5.74, 6) is 0.191. The van der Waals surface area contributed by atoms with Gasteiger partial charge >= 0.3 is 6.09 Å². The molecule has 1 aliphatic rings. The summed E-state index contributed by atoms with van der Waals surface area (Å²) >= 11 is 0. The van der Waals surface area contributed by atoms with Crippen molar-refractivity contribution < 1.29 is 14.3 Å². The number of ether oxygens (including phenoxy) is 1. The quantitative estimate of drug-likeness (QED) is 0.561. The Hall–Kier alpha value is -4.02. The predicted octanol–water partition coefficient (Wildman–Crippen LogP) is 3.32. The fourth-order valence-corrected chi connectivity index (χ4v) is 3.12. The Bertz CT molecular complexity index is 1160. The van der Waals surface area contributed by atoms with Gasteiger partial charge in [-0.05, 0) is 38.8 Å². The lowest BCUT2D eigenvalue weighted by molar-refractivity contribution is 0.0749. The van der Waals surface area contributed by atoms with Gasteiger partial charge in [-0.3, -0.25) is 14.8 Å². The van der Waals surface area contributed by atoms with Gasteiger partial charge in [0.2, 0.25) is 5.88 Å². The number of hydrogen-bond acceptors (Lipinski definition) is 8. The first-order valence-electron chi connectivity index (χ1n) is 10.6. The summed E-state index contributed by atoms with van der Waals surface area (Å²) in [5.41, 5.74) is 2.37. The number of anilines is 3. The van der Waals surface area contributed by atoms with Crippen LogP contribution in [0.4, 0.5) is 21.9 Å². The van der Waals surface area contributed by atoms with Gasteiger partial charge in [-0.1, -0.05) is 0 Å². The molecule has 0 aromatic carbocycles. The molecule has 0 atom stereocenters. The molecule has 3 heterocycles. The molecule has 0 radical (unpaired) electrons. The SMILES string of the molecule is CC(C)N(C)C(=O)c1nn(C)cc1NC(=O)Oc1nc(C2CC2)ccc1Nc1cncnc1. The molecule has 0 aliphatic heterocycles. The van der Waals surface area contributed by atoms with Crippen LogP contribution in [0.1, 0.15) is 48.8 Å².